The molecule has 1 aliphatic carbocycles. The lowest BCUT2D eigenvalue weighted by molar-refractivity contribution is -0.0362. The maximum atomic E-state index is 5.33. The number of hydrogen-bond acceptors (Lipinski definition) is 4. The van der Waals surface area contributed by atoms with Crippen molar-refractivity contribution in [2.75, 3.05) is 27.4 Å². The molecule has 4 heteroatoms. The average molecular weight is 203 g/mol. The zero-order valence-corrected chi connectivity index (χ0v) is 9.12. The van der Waals surface area contributed by atoms with Gasteiger partial charge in [0.05, 0.1) is 19.3 Å². The molecule has 0 aromatic rings. The molecule has 1 aliphatic rings. The molecule has 0 aliphatic heterocycles. The van der Waals surface area contributed by atoms with Crippen LogP contribution in [0.25, 0.3) is 0 Å². The fourth-order valence-electron chi connectivity index (χ4n) is 1.77. The van der Waals surface area contributed by atoms with Gasteiger partial charge in [-0.05, 0) is 25.7 Å². The summed E-state index contributed by atoms with van der Waals surface area (Å²) in [5, 5.41) is 0. The van der Waals surface area contributed by atoms with E-state index in [0.29, 0.717) is 25.4 Å². The van der Waals surface area contributed by atoms with Crippen molar-refractivity contribution in [3.8, 4) is 0 Å². The Kier molecular flexibility index (Phi) is 6.10. The highest BCUT2D eigenvalue weighted by molar-refractivity contribution is 4.75. The Morgan fingerprint density at radius 2 is 2.07 bits per heavy atom. The molecular weight excluding hydrogens is 182 g/mol. The van der Waals surface area contributed by atoms with Gasteiger partial charge in [0.15, 0.2) is 0 Å². The van der Waals surface area contributed by atoms with Gasteiger partial charge in [-0.25, -0.2) is 0 Å². The van der Waals surface area contributed by atoms with E-state index in [4.69, 9.17) is 14.3 Å². The van der Waals surface area contributed by atoms with E-state index in [2.05, 4.69) is 5.48 Å². The smallest absolute Gasteiger partial charge is 0.0915 e. The molecule has 4 nitrogen and oxygen atoms in total. The summed E-state index contributed by atoms with van der Waals surface area (Å²) in [6, 6.07) is 0.436. The summed E-state index contributed by atoms with van der Waals surface area (Å²) in [6.45, 7) is 1.23. The van der Waals surface area contributed by atoms with Crippen molar-refractivity contribution in [3.05, 3.63) is 0 Å². The molecule has 84 valence electrons. The molecule has 1 fully saturated rings. The SMILES string of the molecule is COCCONC1CCCC(OC)C1. The molecule has 0 saturated heterocycles. The Labute approximate surface area is 85.9 Å². The van der Waals surface area contributed by atoms with Crippen LogP contribution < -0.4 is 5.48 Å². The summed E-state index contributed by atoms with van der Waals surface area (Å²) in [7, 11) is 3.45. The molecule has 2 atom stereocenters. The summed E-state index contributed by atoms with van der Waals surface area (Å²) >= 11 is 0. The van der Waals surface area contributed by atoms with Gasteiger partial charge in [0.25, 0.3) is 0 Å². The van der Waals surface area contributed by atoms with Crippen LogP contribution in [-0.2, 0) is 14.3 Å². The maximum Gasteiger partial charge on any atom is 0.0915 e. The second-order valence-electron chi connectivity index (χ2n) is 3.68. The molecule has 0 aromatic heterocycles. The van der Waals surface area contributed by atoms with Gasteiger partial charge in [-0.3, -0.25) is 4.84 Å². The van der Waals surface area contributed by atoms with E-state index in [1.54, 1.807) is 14.2 Å². The first-order valence-electron chi connectivity index (χ1n) is 5.26. The minimum absolute atomic E-state index is 0.396. The van der Waals surface area contributed by atoms with E-state index in [1.807, 2.05) is 0 Å². The first-order valence-corrected chi connectivity index (χ1v) is 5.26. The molecular formula is C10H21NO3. The third-order valence-corrected chi connectivity index (χ3v) is 2.60. The van der Waals surface area contributed by atoms with Gasteiger partial charge in [0.1, 0.15) is 0 Å². The first kappa shape index (κ1) is 11.9. The molecule has 0 amide bonds. The molecule has 0 bridgehead atoms. The normalized spacial score (nSPS) is 27.9. The third-order valence-electron chi connectivity index (χ3n) is 2.60. The van der Waals surface area contributed by atoms with Crippen LogP contribution in [0.4, 0.5) is 0 Å². The van der Waals surface area contributed by atoms with E-state index < -0.39 is 0 Å². The van der Waals surface area contributed by atoms with Crippen molar-refractivity contribution >= 4 is 0 Å². The summed E-state index contributed by atoms with van der Waals surface area (Å²) < 4.78 is 10.2. The predicted molar refractivity (Wildman–Crippen MR) is 54.0 cm³/mol. The van der Waals surface area contributed by atoms with Crippen molar-refractivity contribution in [1.29, 1.82) is 0 Å². The largest absolute Gasteiger partial charge is 0.382 e. The molecule has 0 radical (unpaired) electrons. The highest BCUT2D eigenvalue weighted by atomic mass is 16.7. The van der Waals surface area contributed by atoms with Gasteiger partial charge in [0.2, 0.25) is 0 Å². The van der Waals surface area contributed by atoms with Gasteiger partial charge in [-0.15, -0.1) is 0 Å². The Hall–Kier alpha value is -0.160. The summed E-state index contributed by atoms with van der Waals surface area (Å²) in [4.78, 5) is 5.28. The van der Waals surface area contributed by atoms with Crippen LogP contribution in [0.3, 0.4) is 0 Å². The quantitative estimate of drug-likeness (QED) is 0.518. The van der Waals surface area contributed by atoms with Crippen molar-refractivity contribution in [2.24, 2.45) is 0 Å². The fourth-order valence-corrected chi connectivity index (χ4v) is 1.77. The van der Waals surface area contributed by atoms with Crippen LogP contribution in [0.15, 0.2) is 0 Å². The molecule has 14 heavy (non-hydrogen) atoms. The zero-order chi connectivity index (χ0) is 10.2. The second kappa shape index (κ2) is 7.17. The van der Waals surface area contributed by atoms with Crippen LogP contribution in [0.2, 0.25) is 0 Å². The highest BCUT2D eigenvalue weighted by Crippen LogP contribution is 2.20. The Bertz CT molecular complexity index is 143. The third kappa shape index (κ3) is 4.37. The topological polar surface area (TPSA) is 39.7 Å². The van der Waals surface area contributed by atoms with E-state index >= 15 is 0 Å². The van der Waals surface area contributed by atoms with Crippen molar-refractivity contribution in [2.45, 2.75) is 37.8 Å². The molecule has 1 N–H and O–H groups in total. The lowest BCUT2D eigenvalue weighted by atomic mass is 9.93. The Morgan fingerprint density at radius 1 is 1.21 bits per heavy atom. The van der Waals surface area contributed by atoms with E-state index in [1.165, 1.54) is 19.3 Å². The van der Waals surface area contributed by atoms with E-state index in [-0.39, 0.29) is 0 Å². The highest BCUT2D eigenvalue weighted by Gasteiger charge is 2.21. The van der Waals surface area contributed by atoms with Crippen molar-refractivity contribution in [1.82, 2.24) is 5.48 Å². The van der Waals surface area contributed by atoms with Crippen LogP contribution in [0.5, 0.6) is 0 Å². The molecule has 1 rings (SSSR count). The molecule has 0 aromatic carbocycles. The van der Waals surface area contributed by atoms with Gasteiger partial charge in [-0.1, -0.05) is 0 Å². The predicted octanol–water partition coefficient (Wildman–Crippen LogP) is 1.11. The number of nitrogens with one attached hydrogen (secondary N) is 1. The number of ether oxygens (including phenoxy) is 2. The lowest BCUT2D eigenvalue weighted by Gasteiger charge is -2.28. The molecule has 0 spiro atoms. The van der Waals surface area contributed by atoms with E-state index in [0.717, 1.165) is 6.42 Å². The minimum Gasteiger partial charge on any atom is -0.382 e. The van der Waals surface area contributed by atoms with Gasteiger partial charge >= 0.3 is 0 Å². The summed E-state index contributed by atoms with van der Waals surface area (Å²) in [6.07, 6.45) is 5.00. The Balaban J connectivity index is 2.05. The van der Waals surface area contributed by atoms with Crippen LogP contribution in [-0.4, -0.2) is 39.6 Å². The maximum absolute atomic E-state index is 5.33. The Morgan fingerprint density at radius 3 is 2.79 bits per heavy atom. The number of hydrogen-bond donors (Lipinski definition) is 1. The zero-order valence-electron chi connectivity index (χ0n) is 9.12. The van der Waals surface area contributed by atoms with Crippen molar-refractivity contribution in [3.63, 3.8) is 0 Å². The van der Waals surface area contributed by atoms with Crippen LogP contribution in [0, 0.1) is 0 Å². The molecule has 0 heterocycles. The lowest BCUT2D eigenvalue weighted by Crippen LogP contribution is -2.37. The van der Waals surface area contributed by atoms with Crippen molar-refractivity contribution < 1.29 is 14.3 Å². The second-order valence-corrected chi connectivity index (χ2v) is 3.68. The number of rotatable bonds is 6. The van der Waals surface area contributed by atoms with Gasteiger partial charge < -0.3 is 9.47 Å². The fraction of sp³-hybridized carbons (Fsp3) is 1.00. The first-order chi connectivity index (χ1) is 6.86. The summed E-state index contributed by atoms with van der Waals surface area (Å²) in [5.74, 6) is 0. The average Bonchev–Trinajstić information content (AvgIpc) is 2.25. The minimum atomic E-state index is 0.396. The summed E-state index contributed by atoms with van der Waals surface area (Å²) in [5.41, 5.74) is 3.06. The molecule has 2 unspecified atom stereocenters. The van der Waals surface area contributed by atoms with Gasteiger partial charge in [0, 0.05) is 20.3 Å². The number of methoxy groups -OCH3 is 2. The molecule has 1 saturated carbocycles. The van der Waals surface area contributed by atoms with Gasteiger partial charge in [-0.2, -0.15) is 5.48 Å². The number of hydroxylamine groups is 1. The monoisotopic (exact) mass is 203 g/mol. The van der Waals surface area contributed by atoms with E-state index in [9.17, 15) is 0 Å². The van der Waals surface area contributed by atoms with Crippen LogP contribution in [0.1, 0.15) is 25.7 Å². The van der Waals surface area contributed by atoms with Crippen LogP contribution >= 0.6 is 0 Å². The standard InChI is InChI=1S/C10H21NO3/c1-12-6-7-14-11-9-4-3-5-10(8-9)13-2/h9-11H,3-8H2,1-2H3.